The summed E-state index contributed by atoms with van der Waals surface area (Å²) >= 11 is 0. The Morgan fingerprint density at radius 2 is 1.88 bits per heavy atom. The van der Waals surface area contributed by atoms with Crippen molar-refractivity contribution in [2.75, 3.05) is 0 Å². The molecule has 2 heterocycles. The maximum atomic E-state index is 12.7. The monoisotopic (exact) mass is 232 g/mol. The predicted octanol–water partition coefficient (Wildman–Crippen LogP) is 2.02. The van der Waals surface area contributed by atoms with Crippen molar-refractivity contribution in [3.63, 3.8) is 0 Å². The molecule has 0 spiro atoms. The topological polar surface area (TPSA) is 54.5 Å². The number of hydrogen-bond acceptors (Lipinski definition) is 3. The van der Waals surface area contributed by atoms with Crippen molar-refractivity contribution in [1.29, 1.82) is 0 Å². The Kier molecular flexibility index (Phi) is 2.33. The highest BCUT2D eigenvalue weighted by Gasteiger charge is 2.35. The average Bonchev–Trinajstić information content (AvgIpc) is 2.65. The predicted molar refractivity (Wildman–Crippen MR) is 44.6 cm³/mol. The molecule has 0 unspecified atom stereocenters. The van der Waals surface area contributed by atoms with E-state index in [1.807, 2.05) is 0 Å². The number of aromatic nitrogens is 4. The van der Waals surface area contributed by atoms with Gasteiger partial charge in [-0.25, -0.2) is 9.97 Å². The van der Waals surface area contributed by atoms with Crippen molar-refractivity contribution in [1.82, 2.24) is 20.2 Å². The molecule has 2 aromatic heterocycles. The van der Waals surface area contributed by atoms with Gasteiger partial charge >= 0.3 is 6.18 Å². The van der Waals surface area contributed by atoms with Crippen LogP contribution in [0.5, 0.6) is 0 Å². The molecule has 0 aromatic carbocycles. The molecule has 16 heavy (non-hydrogen) atoms. The minimum Gasteiger partial charge on any atom is -0.255 e. The molecule has 8 heteroatoms. The second-order valence-corrected chi connectivity index (χ2v) is 2.85. The number of nitrogens with zero attached hydrogens (tertiary/aromatic N) is 3. The lowest BCUT2D eigenvalue weighted by Gasteiger charge is -1.98. The van der Waals surface area contributed by atoms with E-state index >= 15 is 0 Å². The summed E-state index contributed by atoms with van der Waals surface area (Å²) in [6.45, 7) is 0. The molecule has 0 radical (unpaired) electrons. The van der Waals surface area contributed by atoms with Crippen LogP contribution in [0.25, 0.3) is 11.5 Å². The number of rotatable bonds is 1. The molecule has 4 nitrogen and oxygen atoms in total. The van der Waals surface area contributed by atoms with Crippen LogP contribution in [0.4, 0.5) is 17.6 Å². The second kappa shape index (κ2) is 3.54. The third-order valence-corrected chi connectivity index (χ3v) is 1.70. The molecule has 0 amide bonds. The quantitative estimate of drug-likeness (QED) is 0.604. The van der Waals surface area contributed by atoms with Crippen LogP contribution in [-0.4, -0.2) is 20.2 Å². The number of halogens is 4. The van der Waals surface area contributed by atoms with Gasteiger partial charge in [-0.3, -0.25) is 5.10 Å². The van der Waals surface area contributed by atoms with Crippen LogP contribution in [0.1, 0.15) is 5.82 Å². The summed E-state index contributed by atoms with van der Waals surface area (Å²) in [5.41, 5.74) is -0.0632. The van der Waals surface area contributed by atoms with E-state index in [9.17, 15) is 17.6 Å². The summed E-state index contributed by atoms with van der Waals surface area (Å²) in [5, 5.41) is 5.02. The average molecular weight is 232 g/mol. The van der Waals surface area contributed by atoms with Gasteiger partial charge in [0.15, 0.2) is 5.82 Å². The fraction of sp³-hybridized carbons (Fsp3) is 0.125. The highest BCUT2D eigenvalue weighted by Crippen LogP contribution is 2.26. The Morgan fingerprint density at radius 1 is 1.12 bits per heavy atom. The Hall–Kier alpha value is -1.99. The third-order valence-electron chi connectivity index (χ3n) is 1.70. The fourth-order valence-electron chi connectivity index (χ4n) is 1.04. The molecular weight excluding hydrogens is 228 g/mol. The van der Waals surface area contributed by atoms with Gasteiger partial charge in [0, 0.05) is 0 Å². The van der Waals surface area contributed by atoms with Crippen LogP contribution < -0.4 is 0 Å². The van der Waals surface area contributed by atoms with E-state index in [2.05, 4.69) is 15.1 Å². The molecule has 2 aromatic rings. The van der Waals surface area contributed by atoms with Crippen molar-refractivity contribution in [3.05, 3.63) is 30.0 Å². The SMILES string of the molecule is Fc1cccc(-c2n[nH]c(C(F)(F)F)n2)n1. The first-order valence-electron chi connectivity index (χ1n) is 4.09. The smallest absolute Gasteiger partial charge is 0.255 e. The lowest BCUT2D eigenvalue weighted by molar-refractivity contribution is -0.144. The zero-order chi connectivity index (χ0) is 11.8. The maximum absolute atomic E-state index is 12.7. The van der Waals surface area contributed by atoms with E-state index in [0.717, 1.165) is 6.07 Å². The fourth-order valence-corrected chi connectivity index (χ4v) is 1.04. The number of hydrogen-bond donors (Lipinski definition) is 1. The van der Waals surface area contributed by atoms with Gasteiger partial charge in [0.2, 0.25) is 11.8 Å². The van der Waals surface area contributed by atoms with Gasteiger partial charge < -0.3 is 0 Å². The summed E-state index contributed by atoms with van der Waals surface area (Å²) in [6, 6.07) is 3.69. The first-order valence-corrected chi connectivity index (χ1v) is 4.09. The highest BCUT2D eigenvalue weighted by atomic mass is 19.4. The van der Waals surface area contributed by atoms with E-state index in [4.69, 9.17) is 0 Å². The van der Waals surface area contributed by atoms with Crippen molar-refractivity contribution < 1.29 is 17.6 Å². The molecule has 0 saturated heterocycles. The van der Waals surface area contributed by atoms with Crippen molar-refractivity contribution >= 4 is 0 Å². The molecule has 1 N–H and O–H groups in total. The Morgan fingerprint density at radius 3 is 2.44 bits per heavy atom. The van der Waals surface area contributed by atoms with Crippen molar-refractivity contribution in [3.8, 4) is 11.5 Å². The molecule has 0 bridgehead atoms. The number of alkyl halides is 3. The van der Waals surface area contributed by atoms with Gasteiger partial charge in [0.1, 0.15) is 5.69 Å². The van der Waals surface area contributed by atoms with Gasteiger partial charge in [-0.05, 0) is 12.1 Å². The van der Waals surface area contributed by atoms with Gasteiger partial charge in [0.05, 0.1) is 0 Å². The second-order valence-electron chi connectivity index (χ2n) is 2.85. The van der Waals surface area contributed by atoms with E-state index in [1.165, 1.54) is 12.1 Å². The van der Waals surface area contributed by atoms with E-state index in [1.54, 1.807) is 5.10 Å². The summed E-state index contributed by atoms with van der Waals surface area (Å²) in [6.07, 6.45) is -4.61. The van der Waals surface area contributed by atoms with Gasteiger partial charge in [0.25, 0.3) is 0 Å². The van der Waals surface area contributed by atoms with Crippen LogP contribution >= 0.6 is 0 Å². The minimum absolute atomic E-state index is 0.0632. The molecule has 2 rings (SSSR count). The standard InChI is InChI=1S/C8H4F4N4/c9-5-3-1-2-4(13-5)6-14-7(16-15-6)8(10,11)12/h1-3H,(H,14,15,16). The third kappa shape index (κ3) is 2.00. The van der Waals surface area contributed by atoms with Crippen LogP contribution in [0.2, 0.25) is 0 Å². The zero-order valence-corrected chi connectivity index (χ0v) is 7.59. The van der Waals surface area contributed by atoms with E-state index in [-0.39, 0.29) is 11.5 Å². The largest absolute Gasteiger partial charge is 0.451 e. The molecule has 0 atom stereocenters. The summed E-state index contributed by atoms with van der Waals surface area (Å²) in [4.78, 5) is 6.53. The first kappa shape index (κ1) is 10.5. The Bertz CT molecular complexity index is 505. The lowest BCUT2D eigenvalue weighted by atomic mass is 10.3. The maximum Gasteiger partial charge on any atom is 0.451 e. The number of nitrogens with one attached hydrogen (secondary N) is 1. The number of aromatic amines is 1. The van der Waals surface area contributed by atoms with Gasteiger partial charge in [-0.2, -0.15) is 22.7 Å². The Balaban J connectivity index is 2.39. The van der Waals surface area contributed by atoms with Crippen LogP contribution in [0.3, 0.4) is 0 Å². The summed E-state index contributed by atoms with van der Waals surface area (Å²) in [5.74, 6) is -2.35. The van der Waals surface area contributed by atoms with Crippen molar-refractivity contribution in [2.24, 2.45) is 0 Å². The minimum atomic E-state index is -4.61. The molecular formula is C8H4F4N4. The highest BCUT2D eigenvalue weighted by molar-refractivity contribution is 5.47. The summed E-state index contributed by atoms with van der Waals surface area (Å²) < 4.78 is 49.2. The molecule has 0 fully saturated rings. The molecule has 0 saturated carbocycles. The van der Waals surface area contributed by atoms with Gasteiger partial charge in [-0.15, -0.1) is 0 Å². The lowest BCUT2D eigenvalue weighted by Crippen LogP contribution is -2.07. The Labute approximate surface area is 86.4 Å². The van der Waals surface area contributed by atoms with Crippen molar-refractivity contribution in [2.45, 2.75) is 6.18 Å². The van der Waals surface area contributed by atoms with E-state index < -0.39 is 17.9 Å². The van der Waals surface area contributed by atoms with E-state index in [0.29, 0.717) is 0 Å². The number of H-pyrrole nitrogens is 1. The van der Waals surface area contributed by atoms with Gasteiger partial charge in [-0.1, -0.05) is 6.07 Å². The van der Waals surface area contributed by atoms with Crippen LogP contribution in [0.15, 0.2) is 18.2 Å². The molecule has 0 aliphatic rings. The zero-order valence-electron chi connectivity index (χ0n) is 7.59. The molecule has 0 aliphatic heterocycles. The molecule has 84 valence electrons. The number of pyridine rings is 1. The summed E-state index contributed by atoms with van der Waals surface area (Å²) in [7, 11) is 0. The first-order chi connectivity index (χ1) is 7.47. The normalized spacial score (nSPS) is 11.8. The van der Waals surface area contributed by atoms with Crippen LogP contribution in [-0.2, 0) is 6.18 Å². The molecule has 0 aliphatic carbocycles. The van der Waals surface area contributed by atoms with Crippen LogP contribution in [0, 0.1) is 5.95 Å².